The molecular formula is C40H78O5. The first kappa shape index (κ1) is 43.9. The number of hydrogen-bond acceptors (Lipinski definition) is 5. The number of rotatable bonds is 36. The Balaban J connectivity index is 3.47. The zero-order valence-electron chi connectivity index (χ0n) is 30.6. The molecular weight excluding hydrogens is 560 g/mol. The number of unbranched alkanes of at least 4 members (excludes halogenated alkanes) is 26. The Bertz CT molecular complexity index is 620. The molecule has 45 heavy (non-hydrogen) atoms. The summed E-state index contributed by atoms with van der Waals surface area (Å²) < 4.78 is 10.6. The molecule has 1 N–H and O–H groups in total. The van der Waals surface area contributed by atoms with E-state index in [1.54, 1.807) is 0 Å². The lowest BCUT2D eigenvalue weighted by Gasteiger charge is -2.15. The van der Waals surface area contributed by atoms with E-state index in [2.05, 4.69) is 20.8 Å². The van der Waals surface area contributed by atoms with Gasteiger partial charge in [0.25, 0.3) is 0 Å². The van der Waals surface area contributed by atoms with Crippen LogP contribution in [-0.2, 0) is 19.1 Å². The van der Waals surface area contributed by atoms with Crippen molar-refractivity contribution in [1.29, 1.82) is 0 Å². The summed E-state index contributed by atoms with van der Waals surface area (Å²) in [6, 6.07) is 0. The maximum absolute atomic E-state index is 12.1. The number of ether oxygens (including phenoxy) is 2. The molecule has 0 radical (unpaired) electrons. The fourth-order valence-electron chi connectivity index (χ4n) is 6.03. The Labute approximate surface area is 280 Å². The van der Waals surface area contributed by atoms with Gasteiger partial charge in [0.05, 0.1) is 6.61 Å². The Hall–Kier alpha value is -1.10. The molecule has 0 saturated heterocycles. The molecule has 0 heterocycles. The molecule has 0 rings (SSSR count). The van der Waals surface area contributed by atoms with Crippen LogP contribution < -0.4 is 0 Å². The molecule has 0 aliphatic heterocycles. The lowest BCUT2D eigenvalue weighted by molar-refractivity contribution is -0.161. The minimum absolute atomic E-state index is 0.0582. The smallest absolute Gasteiger partial charge is 0.306 e. The van der Waals surface area contributed by atoms with Gasteiger partial charge in [0.1, 0.15) is 6.61 Å². The fourth-order valence-corrected chi connectivity index (χ4v) is 6.03. The van der Waals surface area contributed by atoms with Crippen molar-refractivity contribution in [1.82, 2.24) is 0 Å². The molecule has 0 aliphatic rings. The third-order valence-corrected chi connectivity index (χ3v) is 9.08. The highest BCUT2D eigenvalue weighted by molar-refractivity contribution is 5.70. The van der Waals surface area contributed by atoms with Crippen LogP contribution in [0, 0.1) is 5.92 Å². The predicted molar refractivity (Wildman–Crippen MR) is 192 cm³/mol. The number of carbonyl (C=O) groups is 2. The Morgan fingerprint density at radius 1 is 0.489 bits per heavy atom. The average Bonchev–Trinajstić information content (AvgIpc) is 3.02. The first-order chi connectivity index (χ1) is 22.0. The summed E-state index contributed by atoms with van der Waals surface area (Å²) >= 11 is 0. The minimum Gasteiger partial charge on any atom is -0.462 e. The summed E-state index contributed by atoms with van der Waals surface area (Å²) in [5.74, 6) is 0.239. The van der Waals surface area contributed by atoms with Crippen LogP contribution in [0.25, 0.3) is 0 Å². The van der Waals surface area contributed by atoms with E-state index in [-0.39, 0.29) is 25.2 Å². The molecule has 5 nitrogen and oxygen atoms in total. The van der Waals surface area contributed by atoms with Crippen LogP contribution in [-0.4, -0.2) is 36.4 Å². The molecule has 268 valence electrons. The average molecular weight is 639 g/mol. The predicted octanol–water partition coefficient (Wildman–Crippen LogP) is 12.2. The van der Waals surface area contributed by atoms with Gasteiger partial charge in [0.2, 0.25) is 0 Å². The third-order valence-electron chi connectivity index (χ3n) is 9.08. The van der Waals surface area contributed by atoms with Gasteiger partial charge in [-0.1, -0.05) is 194 Å². The van der Waals surface area contributed by atoms with Crippen molar-refractivity contribution in [2.45, 2.75) is 226 Å². The third kappa shape index (κ3) is 35.6. The van der Waals surface area contributed by atoms with Gasteiger partial charge in [-0.15, -0.1) is 0 Å². The molecule has 0 fully saturated rings. The number of carbonyl (C=O) groups excluding carboxylic acids is 2. The van der Waals surface area contributed by atoms with Crippen LogP contribution in [0.4, 0.5) is 0 Å². The first-order valence-electron chi connectivity index (χ1n) is 20.0. The van der Waals surface area contributed by atoms with Gasteiger partial charge in [-0.2, -0.15) is 0 Å². The molecule has 0 unspecified atom stereocenters. The fraction of sp³-hybridized carbons (Fsp3) is 0.950. The van der Waals surface area contributed by atoms with E-state index >= 15 is 0 Å². The topological polar surface area (TPSA) is 72.8 Å². The van der Waals surface area contributed by atoms with Crippen molar-refractivity contribution in [2.24, 2.45) is 5.92 Å². The van der Waals surface area contributed by atoms with Gasteiger partial charge in [-0.3, -0.25) is 9.59 Å². The van der Waals surface area contributed by atoms with E-state index < -0.39 is 6.10 Å². The number of aliphatic hydroxyl groups excluding tert-OH is 1. The highest BCUT2D eigenvalue weighted by atomic mass is 16.6. The normalized spacial score (nSPS) is 12.1. The number of aliphatic hydroxyl groups is 1. The lowest BCUT2D eigenvalue weighted by Crippen LogP contribution is -2.28. The van der Waals surface area contributed by atoms with Crippen LogP contribution in [0.15, 0.2) is 0 Å². The van der Waals surface area contributed by atoms with Crippen molar-refractivity contribution in [2.75, 3.05) is 13.2 Å². The maximum atomic E-state index is 12.1. The Kier molecular flexibility index (Phi) is 34.9. The summed E-state index contributed by atoms with van der Waals surface area (Å²) in [4.78, 5) is 24.2. The zero-order chi connectivity index (χ0) is 33.1. The maximum Gasteiger partial charge on any atom is 0.306 e. The zero-order valence-corrected chi connectivity index (χ0v) is 30.6. The van der Waals surface area contributed by atoms with Crippen LogP contribution >= 0.6 is 0 Å². The Morgan fingerprint density at radius 3 is 1.18 bits per heavy atom. The largest absolute Gasteiger partial charge is 0.462 e. The second-order valence-corrected chi connectivity index (χ2v) is 14.2. The standard InChI is InChI=1S/C40H78O5/c1-4-5-6-7-8-9-10-11-12-13-14-15-16-17-18-21-24-27-30-33-39(42)44-36-38(35-41)45-40(43)34-31-28-25-22-19-20-23-26-29-32-37(2)3/h37-38,41H,4-36H2,1-3H3/t38-/m0/s1. The van der Waals surface area contributed by atoms with Crippen LogP contribution in [0.3, 0.4) is 0 Å². The molecule has 0 aromatic heterocycles. The Morgan fingerprint density at radius 2 is 0.822 bits per heavy atom. The summed E-state index contributed by atoms with van der Waals surface area (Å²) in [6.07, 6.45) is 37.4. The van der Waals surface area contributed by atoms with E-state index in [1.807, 2.05) is 0 Å². The van der Waals surface area contributed by atoms with Crippen molar-refractivity contribution in [3.8, 4) is 0 Å². The molecule has 0 aliphatic carbocycles. The second-order valence-electron chi connectivity index (χ2n) is 14.2. The number of hydrogen-bond donors (Lipinski definition) is 1. The number of esters is 2. The summed E-state index contributed by atoms with van der Waals surface area (Å²) in [7, 11) is 0. The highest BCUT2D eigenvalue weighted by Gasteiger charge is 2.16. The van der Waals surface area contributed by atoms with E-state index in [1.165, 1.54) is 154 Å². The molecule has 0 spiro atoms. The van der Waals surface area contributed by atoms with E-state index in [4.69, 9.17) is 9.47 Å². The van der Waals surface area contributed by atoms with Crippen molar-refractivity contribution in [3.63, 3.8) is 0 Å². The minimum atomic E-state index is -0.762. The van der Waals surface area contributed by atoms with Crippen LogP contribution in [0.5, 0.6) is 0 Å². The van der Waals surface area contributed by atoms with Gasteiger partial charge < -0.3 is 14.6 Å². The molecule has 0 saturated carbocycles. The van der Waals surface area contributed by atoms with E-state index in [0.29, 0.717) is 12.8 Å². The molecule has 0 aromatic carbocycles. The molecule has 5 heteroatoms. The molecule has 0 bridgehead atoms. The molecule has 0 aromatic rings. The monoisotopic (exact) mass is 639 g/mol. The van der Waals surface area contributed by atoms with E-state index in [0.717, 1.165) is 38.0 Å². The van der Waals surface area contributed by atoms with Gasteiger partial charge in [-0.25, -0.2) is 0 Å². The summed E-state index contributed by atoms with van der Waals surface area (Å²) in [6.45, 7) is 6.48. The van der Waals surface area contributed by atoms with Crippen LogP contribution in [0.1, 0.15) is 220 Å². The van der Waals surface area contributed by atoms with Gasteiger partial charge >= 0.3 is 11.9 Å². The lowest BCUT2D eigenvalue weighted by atomic mass is 10.0. The van der Waals surface area contributed by atoms with Gasteiger partial charge in [0.15, 0.2) is 6.10 Å². The first-order valence-corrected chi connectivity index (χ1v) is 20.0. The summed E-state index contributed by atoms with van der Waals surface area (Å²) in [5, 5.41) is 9.54. The quantitative estimate of drug-likeness (QED) is 0.0546. The van der Waals surface area contributed by atoms with Gasteiger partial charge in [-0.05, 0) is 18.8 Å². The van der Waals surface area contributed by atoms with Crippen molar-refractivity contribution < 1.29 is 24.2 Å². The highest BCUT2D eigenvalue weighted by Crippen LogP contribution is 2.16. The summed E-state index contributed by atoms with van der Waals surface area (Å²) in [5.41, 5.74) is 0. The van der Waals surface area contributed by atoms with Crippen molar-refractivity contribution >= 4 is 11.9 Å². The molecule has 1 atom stereocenters. The van der Waals surface area contributed by atoms with Crippen LogP contribution in [0.2, 0.25) is 0 Å². The van der Waals surface area contributed by atoms with Crippen molar-refractivity contribution in [3.05, 3.63) is 0 Å². The van der Waals surface area contributed by atoms with Gasteiger partial charge in [0, 0.05) is 12.8 Å². The SMILES string of the molecule is CCCCCCCCCCCCCCCCCCCCCC(=O)OC[C@H](CO)OC(=O)CCCCCCCCCCCC(C)C. The second kappa shape index (κ2) is 35.7. The molecule has 0 amide bonds. The van der Waals surface area contributed by atoms with E-state index in [9.17, 15) is 14.7 Å².